The maximum absolute atomic E-state index is 13.5. The van der Waals surface area contributed by atoms with Gasteiger partial charge in [-0.3, -0.25) is 9.78 Å². The Bertz CT molecular complexity index is 789. The first-order valence-electron chi connectivity index (χ1n) is 7.64. The summed E-state index contributed by atoms with van der Waals surface area (Å²) in [5.74, 6) is -1.08. The largest absolute Gasteiger partial charge is 0.391 e. The number of nitrogens with zero attached hydrogens (tertiary/aromatic N) is 3. The van der Waals surface area contributed by atoms with Gasteiger partial charge in [-0.2, -0.15) is 5.26 Å². The summed E-state index contributed by atoms with van der Waals surface area (Å²) < 4.78 is 13.5. The van der Waals surface area contributed by atoms with Crippen LogP contribution in [0.25, 0.3) is 0 Å². The van der Waals surface area contributed by atoms with E-state index in [1.807, 2.05) is 18.2 Å². The molecule has 0 unspecified atom stereocenters. The molecule has 2 heterocycles. The number of nitriles is 1. The highest BCUT2D eigenvalue weighted by Crippen LogP contribution is 2.23. The Morgan fingerprint density at radius 2 is 2.08 bits per heavy atom. The molecule has 1 saturated heterocycles. The molecule has 1 fully saturated rings. The van der Waals surface area contributed by atoms with Crippen molar-refractivity contribution in [2.75, 3.05) is 13.1 Å². The standard InChI is InChI=1S/C18H16FN3O2/c19-16-7-13(9-20)6-14(8-16)18(24)22-10-15(17(23)11-22)5-12-1-3-21-4-2-12/h1-4,6-8,15,17,23H,5,10-11H2/t15-,17+/m1/s1. The van der Waals surface area contributed by atoms with Crippen LogP contribution in [-0.4, -0.2) is 40.1 Å². The Hall–Kier alpha value is -2.78. The molecule has 2 atom stereocenters. The summed E-state index contributed by atoms with van der Waals surface area (Å²) in [4.78, 5) is 18.0. The lowest BCUT2D eigenvalue weighted by atomic mass is 9.97. The maximum Gasteiger partial charge on any atom is 0.254 e. The first kappa shape index (κ1) is 16.1. The molecule has 1 aliphatic heterocycles. The molecule has 1 amide bonds. The molecule has 5 nitrogen and oxygen atoms in total. The average molecular weight is 325 g/mol. The normalized spacial score (nSPS) is 20.0. The molecule has 122 valence electrons. The Morgan fingerprint density at radius 1 is 1.33 bits per heavy atom. The Balaban J connectivity index is 1.73. The van der Waals surface area contributed by atoms with Crippen LogP contribution < -0.4 is 0 Å². The van der Waals surface area contributed by atoms with Gasteiger partial charge in [0.1, 0.15) is 5.82 Å². The molecule has 1 aromatic heterocycles. The number of carbonyl (C=O) groups is 1. The Kier molecular flexibility index (Phi) is 4.54. The number of carbonyl (C=O) groups excluding carboxylic acids is 1. The van der Waals surface area contributed by atoms with Crippen molar-refractivity contribution in [2.24, 2.45) is 5.92 Å². The van der Waals surface area contributed by atoms with E-state index in [1.54, 1.807) is 12.4 Å². The zero-order chi connectivity index (χ0) is 17.1. The van der Waals surface area contributed by atoms with E-state index in [0.29, 0.717) is 13.0 Å². The van der Waals surface area contributed by atoms with Crippen molar-refractivity contribution < 1.29 is 14.3 Å². The fraction of sp³-hybridized carbons (Fsp3) is 0.278. The highest BCUT2D eigenvalue weighted by atomic mass is 19.1. The molecule has 0 saturated carbocycles. The number of likely N-dealkylation sites (tertiary alicyclic amines) is 1. The monoisotopic (exact) mass is 325 g/mol. The van der Waals surface area contributed by atoms with Crippen LogP contribution in [0.1, 0.15) is 21.5 Å². The summed E-state index contributed by atoms with van der Waals surface area (Å²) >= 11 is 0. The van der Waals surface area contributed by atoms with Crippen LogP contribution in [-0.2, 0) is 6.42 Å². The van der Waals surface area contributed by atoms with Crippen LogP contribution in [0, 0.1) is 23.1 Å². The van der Waals surface area contributed by atoms with E-state index >= 15 is 0 Å². The number of aliphatic hydroxyl groups excluding tert-OH is 1. The molecule has 0 radical (unpaired) electrons. The summed E-state index contributed by atoms with van der Waals surface area (Å²) in [6, 6.07) is 9.16. The lowest BCUT2D eigenvalue weighted by Crippen LogP contribution is -2.29. The van der Waals surface area contributed by atoms with Crippen molar-refractivity contribution in [3.63, 3.8) is 0 Å². The number of benzene rings is 1. The summed E-state index contributed by atoms with van der Waals surface area (Å²) in [5, 5.41) is 19.1. The predicted octanol–water partition coefficient (Wildman–Crippen LogP) is 1.77. The fourth-order valence-electron chi connectivity index (χ4n) is 3.00. The number of aromatic nitrogens is 1. The smallest absolute Gasteiger partial charge is 0.254 e. The molecule has 3 rings (SSSR count). The molecular formula is C18H16FN3O2. The van der Waals surface area contributed by atoms with Gasteiger partial charge in [0.25, 0.3) is 5.91 Å². The number of hydrogen-bond acceptors (Lipinski definition) is 4. The van der Waals surface area contributed by atoms with Crippen molar-refractivity contribution >= 4 is 5.91 Å². The number of halogens is 1. The second kappa shape index (κ2) is 6.77. The van der Waals surface area contributed by atoms with Gasteiger partial charge >= 0.3 is 0 Å². The van der Waals surface area contributed by atoms with Gasteiger partial charge in [-0.05, 0) is 42.3 Å². The highest BCUT2D eigenvalue weighted by Gasteiger charge is 2.34. The lowest BCUT2D eigenvalue weighted by molar-refractivity contribution is 0.0764. The topological polar surface area (TPSA) is 77.2 Å². The molecule has 24 heavy (non-hydrogen) atoms. The Labute approximate surface area is 139 Å². The van der Waals surface area contributed by atoms with E-state index in [9.17, 15) is 14.3 Å². The van der Waals surface area contributed by atoms with Crippen molar-refractivity contribution in [3.8, 4) is 6.07 Å². The maximum atomic E-state index is 13.5. The van der Waals surface area contributed by atoms with E-state index in [0.717, 1.165) is 17.7 Å². The fourth-order valence-corrected chi connectivity index (χ4v) is 3.00. The van der Waals surface area contributed by atoms with Crippen LogP contribution in [0.3, 0.4) is 0 Å². The highest BCUT2D eigenvalue weighted by molar-refractivity contribution is 5.94. The van der Waals surface area contributed by atoms with Gasteiger partial charge in [0, 0.05) is 37.0 Å². The predicted molar refractivity (Wildman–Crippen MR) is 84.5 cm³/mol. The van der Waals surface area contributed by atoms with Gasteiger partial charge in [0.2, 0.25) is 0 Å². The molecule has 6 heteroatoms. The summed E-state index contributed by atoms with van der Waals surface area (Å²) in [5.41, 5.74) is 1.27. The van der Waals surface area contributed by atoms with E-state index in [2.05, 4.69) is 4.98 Å². The third kappa shape index (κ3) is 3.42. The lowest BCUT2D eigenvalue weighted by Gasteiger charge is -2.16. The quantitative estimate of drug-likeness (QED) is 0.933. The zero-order valence-corrected chi connectivity index (χ0v) is 12.9. The number of pyridine rings is 1. The second-order valence-corrected chi connectivity index (χ2v) is 5.94. The number of hydrogen-bond donors (Lipinski definition) is 1. The van der Waals surface area contributed by atoms with Gasteiger partial charge in [0.15, 0.2) is 0 Å². The second-order valence-electron chi connectivity index (χ2n) is 5.94. The van der Waals surface area contributed by atoms with Crippen LogP contribution in [0.15, 0.2) is 42.7 Å². The molecule has 0 aliphatic carbocycles. The van der Waals surface area contributed by atoms with Gasteiger partial charge < -0.3 is 10.0 Å². The number of rotatable bonds is 3. The first-order chi connectivity index (χ1) is 11.6. The van der Waals surface area contributed by atoms with Gasteiger partial charge in [-0.25, -0.2) is 4.39 Å². The molecule has 2 aromatic rings. The van der Waals surface area contributed by atoms with Gasteiger partial charge in [0.05, 0.1) is 17.7 Å². The molecule has 1 N–H and O–H groups in total. The van der Waals surface area contributed by atoms with Crippen LogP contribution >= 0.6 is 0 Å². The van der Waals surface area contributed by atoms with E-state index in [-0.39, 0.29) is 29.5 Å². The first-order valence-corrected chi connectivity index (χ1v) is 7.64. The van der Waals surface area contributed by atoms with E-state index < -0.39 is 11.9 Å². The number of β-amino-alcohol motifs (C(OH)–C–C–N with tert-alkyl or cyclic N) is 1. The van der Waals surface area contributed by atoms with Crippen molar-refractivity contribution in [1.29, 1.82) is 5.26 Å². The minimum Gasteiger partial charge on any atom is -0.391 e. The Morgan fingerprint density at radius 3 is 2.79 bits per heavy atom. The van der Waals surface area contributed by atoms with Crippen LogP contribution in [0.2, 0.25) is 0 Å². The van der Waals surface area contributed by atoms with Crippen molar-refractivity contribution in [3.05, 3.63) is 65.2 Å². The summed E-state index contributed by atoms with van der Waals surface area (Å²) in [6.45, 7) is 0.591. The molecule has 1 aliphatic rings. The minimum atomic E-state index is -0.633. The molecule has 0 spiro atoms. The van der Waals surface area contributed by atoms with Crippen LogP contribution in [0.4, 0.5) is 4.39 Å². The summed E-state index contributed by atoms with van der Waals surface area (Å²) in [7, 11) is 0. The third-order valence-corrected chi connectivity index (χ3v) is 4.21. The molecule has 0 bridgehead atoms. The number of amides is 1. The van der Waals surface area contributed by atoms with E-state index in [1.165, 1.54) is 11.0 Å². The van der Waals surface area contributed by atoms with Crippen LogP contribution in [0.5, 0.6) is 0 Å². The third-order valence-electron chi connectivity index (χ3n) is 4.21. The minimum absolute atomic E-state index is 0.0830. The van der Waals surface area contributed by atoms with Crippen molar-refractivity contribution in [1.82, 2.24) is 9.88 Å². The van der Waals surface area contributed by atoms with Crippen molar-refractivity contribution in [2.45, 2.75) is 12.5 Å². The van der Waals surface area contributed by atoms with Gasteiger partial charge in [-0.1, -0.05) is 0 Å². The summed E-state index contributed by atoms with van der Waals surface area (Å²) in [6.07, 6.45) is 3.39. The zero-order valence-electron chi connectivity index (χ0n) is 12.9. The molecule has 1 aromatic carbocycles. The van der Waals surface area contributed by atoms with E-state index in [4.69, 9.17) is 5.26 Å². The molecular weight excluding hydrogens is 309 g/mol. The SMILES string of the molecule is N#Cc1cc(F)cc(C(=O)N2C[C@@H](Cc3ccncc3)[C@@H](O)C2)c1. The number of aliphatic hydroxyl groups is 1. The average Bonchev–Trinajstić information content (AvgIpc) is 2.95. The van der Waals surface area contributed by atoms with Gasteiger partial charge in [-0.15, -0.1) is 0 Å².